The monoisotopic (exact) mass is 418 g/mol. The lowest BCUT2D eigenvalue weighted by atomic mass is 10.1. The molecule has 0 N–H and O–H groups in total. The van der Waals surface area contributed by atoms with E-state index in [-0.39, 0.29) is 5.56 Å². The van der Waals surface area contributed by atoms with Gasteiger partial charge in [0.25, 0.3) is 0 Å². The van der Waals surface area contributed by atoms with Gasteiger partial charge < -0.3 is 4.74 Å². The summed E-state index contributed by atoms with van der Waals surface area (Å²) in [4.78, 5) is -1.92. The highest BCUT2D eigenvalue weighted by atomic mass is 32.5. The first-order chi connectivity index (χ1) is 13.0. The Balaban J connectivity index is 1.92. The summed E-state index contributed by atoms with van der Waals surface area (Å²) in [6.07, 6.45) is 5.77. The van der Waals surface area contributed by atoms with Crippen molar-refractivity contribution in [2.45, 2.75) is 43.9 Å². The first-order valence-electron chi connectivity index (χ1n) is 9.07. The predicted octanol–water partition coefficient (Wildman–Crippen LogP) is 8.09. The van der Waals surface area contributed by atoms with Crippen molar-refractivity contribution in [2.24, 2.45) is 0 Å². The Labute approximate surface area is 162 Å². The van der Waals surface area contributed by atoms with Crippen molar-refractivity contribution in [3.8, 4) is 17.6 Å². The molecule has 0 amide bonds. The van der Waals surface area contributed by atoms with Crippen LogP contribution in [0.4, 0.5) is 19.4 Å². The lowest BCUT2D eigenvalue weighted by molar-refractivity contribution is 0.304. The highest BCUT2D eigenvalue weighted by Crippen LogP contribution is 3.02. The molecule has 28 heavy (non-hydrogen) atoms. The maximum Gasteiger partial charge on any atom is 0.310 e. The van der Waals surface area contributed by atoms with Gasteiger partial charge in [-0.3, -0.25) is 0 Å². The van der Waals surface area contributed by atoms with Crippen molar-refractivity contribution >= 4 is 10.2 Å². The average molecular weight is 418 g/mol. The third-order valence-electron chi connectivity index (χ3n) is 4.02. The normalized spacial score (nSPS) is 13.8. The van der Waals surface area contributed by atoms with Gasteiger partial charge in [-0.1, -0.05) is 63.9 Å². The molecule has 1 nitrogen and oxygen atoms in total. The summed E-state index contributed by atoms with van der Waals surface area (Å²) in [6.45, 7) is 2.81. The molecule has 154 valence electrons. The highest BCUT2D eigenvalue weighted by molar-refractivity contribution is 8.45. The van der Waals surface area contributed by atoms with Crippen molar-refractivity contribution in [3.05, 3.63) is 59.7 Å². The summed E-state index contributed by atoms with van der Waals surface area (Å²) in [5.41, 5.74) is 0.866. The largest absolute Gasteiger partial charge is 0.494 e. The zero-order valence-corrected chi connectivity index (χ0v) is 16.4. The Morgan fingerprint density at radius 1 is 0.714 bits per heavy atom. The number of unbranched alkanes of at least 4 members (excludes halogenated alkanes) is 4. The van der Waals surface area contributed by atoms with E-state index in [1.54, 1.807) is 24.3 Å². The van der Waals surface area contributed by atoms with E-state index >= 15 is 0 Å². The summed E-state index contributed by atoms with van der Waals surface area (Å²) < 4.78 is 69.1. The van der Waals surface area contributed by atoms with E-state index in [0.717, 1.165) is 30.7 Å². The molecule has 0 atom stereocenters. The Bertz CT molecular complexity index is 832. The van der Waals surface area contributed by atoms with Crippen LogP contribution in [0.15, 0.2) is 53.4 Å². The lowest BCUT2D eigenvalue weighted by Gasteiger charge is -2.40. The van der Waals surface area contributed by atoms with Crippen molar-refractivity contribution in [1.29, 1.82) is 0 Å². The molecule has 2 aromatic rings. The SMILES string of the molecule is CCCCCCCOc1ccc(C#Cc2ccc(S(F)(F)(F)(F)F)cc2)cc1. The van der Waals surface area contributed by atoms with Crippen molar-refractivity contribution in [1.82, 2.24) is 0 Å². The Morgan fingerprint density at radius 3 is 1.71 bits per heavy atom. The van der Waals surface area contributed by atoms with E-state index in [0.29, 0.717) is 24.3 Å². The molecule has 2 rings (SSSR count). The van der Waals surface area contributed by atoms with E-state index in [1.807, 2.05) is 0 Å². The number of rotatable bonds is 8. The Morgan fingerprint density at radius 2 is 1.21 bits per heavy atom. The van der Waals surface area contributed by atoms with Crippen LogP contribution in [0.5, 0.6) is 5.75 Å². The minimum atomic E-state index is -9.64. The molecule has 0 radical (unpaired) electrons. The molecule has 0 aliphatic heterocycles. The number of benzene rings is 2. The van der Waals surface area contributed by atoms with Gasteiger partial charge in [0, 0.05) is 11.1 Å². The fourth-order valence-corrected chi connectivity index (χ4v) is 3.12. The molecule has 0 aliphatic carbocycles. The molecule has 0 saturated carbocycles. The van der Waals surface area contributed by atoms with Gasteiger partial charge in [-0.15, -0.1) is 0 Å². The maximum absolute atomic E-state index is 12.7. The van der Waals surface area contributed by atoms with Gasteiger partial charge >= 0.3 is 10.2 Å². The van der Waals surface area contributed by atoms with Gasteiger partial charge in [-0.2, -0.15) is 0 Å². The minimum Gasteiger partial charge on any atom is -0.494 e. The fourth-order valence-electron chi connectivity index (χ4n) is 2.47. The standard InChI is InChI=1S/C21H23F5OS/c1-2-3-4-5-6-17-27-20-13-9-18(10-14-20)7-8-19-11-15-21(16-12-19)28(22,23,24,25)26/h9-16H,2-6,17H2,1H3. The van der Waals surface area contributed by atoms with Crippen LogP contribution in [0.25, 0.3) is 0 Å². The molecule has 0 spiro atoms. The molecule has 7 heteroatoms. The molecule has 0 heterocycles. The summed E-state index contributed by atoms with van der Waals surface area (Å²) >= 11 is 0. The van der Waals surface area contributed by atoms with E-state index < -0.39 is 15.1 Å². The maximum atomic E-state index is 12.7. The highest BCUT2D eigenvalue weighted by Gasteiger charge is 2.65. The number of hydrogen-bond acceptors (Lipinski definition) is 1. The van der Waals surface area contributed by atoms with Gasteiger partial charge in [-0.25, -0.2) is 0 Å². The predicted molar refractivity (Wildman–Crippen MR) is 105 cm³/mol. The molecule has 0 saturated heterocycles. The third-order valence-corrected chi connectivity index (χ3v) is 5.18. The molecule has 0 unspecified atom stereocenters. The first kappa shape index (κ1) is 22.1. The van der Waals surface area contributed by atoms with Gasteiger partial charge in [0.15, 0.2) is 0 Å². The second-order valence-corrected chi connectivity index (χ2v) is 8.94. The zero-order chi connectivity index (χ0) is 20.7. The van der Waals surface area contributed by atoms with E-state index in [1.165, 1.54) is 19.3 Å². The molecule has 2 aromatic carbocycles. The van der Waals surface area contributed by atoms with Gasteiger partial charge in [-0.05, 0) is 55.0 Å². The molecule has 0 aliphatic rings. The van der Waals surface area contributed by atoms with Crippen LogP contribution in [0.3, 0.4) is 0 Å². The van der Waals surface area contributed by atoms with E-state index in [9.17, 15) is 19.4 Å². The van der Waals surface area contributed by atoms with Crippen LogP contribution in [0.1, 0.15) is 50.2 Å². The van der Waals surface area contributed by atoms with E-state index in [2.05, 4.69) is 18.8 Å². The topological polar surface area (TPSA) is 9.23 Å². The molecular formula is C21H23F5OS. The van der Waals surface area contributed by atoms with Crippen LogP contribution in [0.2, 0.25) is 0 Å². The third kappa shape index (κ3) is 7.43. The second-order valence-electron chi connectivity index (χ2n) is 6.53. The summed E-state index contributed by atoms with van der Waals surface area (Å²) in [5.74, 6) is 6.18. The van der Waals surface area contributed by atoms with Gasteiger partial charge in [0.1, 0.15) is 10.6 Å². The minimum absolute atomic E-state index is 0.220. The molecular weight excluding hydrogens is 395 g/mol. The Kier molecular flexibility index (Phi) is 6.34. The van der Waals surface area contributed by atoms with Crippen LogP contribution in [-0.2, 0) is 0 Å². The first-order valence-corrected chi connectivity index (χ1v) is 11.0. The molecule has 0 bridgehead atoms. The van der Waals surface area contributed by atoms with Gasteiger partial charge in [0.2, 0.25) is 0 Å². The smallest absolute Gasteiger partial charge is 0.310 e. The fraction of sp³-hybridized carbons (Fsp3) is 0.333. The number of hydrogen-bond donors (Lipinski definition) is 0. The van der Waals surface area contributed by atoms with Gasteiger partial charge in [0.05, 0.1) is 6.61 Å². The van der Waals surface area contributed by atoms with Crippen molar-refractivity contribution in [3.63, 3.8) is 0 Å². The summed E-state index contributed by atoms with van der Waals surface area (Å²) in [6, 6.07) is 9.63. The second kappa shape index (κ2) is 8.04. The van der Waals surface area contributed by atoms with Crippen molar-refractivity contribution in [2.75, 3.05) is 6.61 Å². The summed E-state index contributed by atoms with van der Waals surface area (Å²) in [5, 5.41) is 0. The van der Waals surface area contributed by atoms with Crippen LogP contribution < -0.4 is 4.74 Å². The van der Waals surface area contributed by atoms with Crippen LogP contribution in [0, 0.1) is 11.8 Å². The molecule has 0 fully saturated rings. The average Bonchev–Trinajstić information content (AvgIpc) is 2.62. The number of halogens is 5. The van der Waals surface area contributed by atoms with Crippen molar-refractivity contribution < 1.29 is 24.2 Å². The zero-order valence-electron chi connectivity index (χ0n) is 15.6. The Hall–Kier alpha value is -2.20. The quantitative estimate of drug-likeness (QED) is 0.239. The van der Waals surface area contributed by atoms with Crippen LogP contribution >= 0.6 is 10.2 Å². The van der Waals surface area contributed by atoms with Crippen LogP contribution in [-0.4, -0.2) is 6.61 Å². The summed E-state index contributed by atoms with van der Waals surface area (Å²) in [7, 11) is -9.64. The number of ether oxygens (including phenoxy) is 1. The molecule has 0 aromatic heterocycles. The lowest BCUT2D eigenvalue weighted by Crippen LogP contribution is -2.05. The van der Waals surface area contributed by atoms with E-state index in [4.69, 9.17) is 4.74 Å².